The number of hydrogen-bond donors (Lipinski definition) is 4. The minimum atomic E-state index is -0.613. The van der Waals surface area contributed by atoms with Gasteiger partial charge in [0.05, 0.1) is 24.5 Å². The van der Waals surface area contributed by atoms with Gasteiger partial charge in [-0.2, -0.15) is 0 Å². The van der Waals surface area contributed by atoms with E-state index in [0.717, 1.165) is 22.2 Å². The Labute approximate surface area is 146 Å². The standard InChI is InChI=1S/C18H26N2O3S/c1-11(2)7-15(18(23)20-13(9-21)10-22)24-16-8-19-14-6-4-5-12(3)17(14)16/h4-6,8,11,13,15,19,21-22H,7,9-10H2,1-3H3,(H,20,23)/t15-/m1/s1. The number of H-pyrrole nitrogens is 1. The SMILES string of the molecule is Cc1cccc2[nH]cc(S[C@H](CC(C)C)C(=O)NC(CO)CO)c12. The molecule has 5 nitrogen and oxygen atoms in total. The fourth-order valence-electron chi connectivity index (χ4n) is 2.66. The van der Waals surface area contributed by atoms with Gasteiger partial charge in [0.1, 0.15) is 0 Å². The molecule has 0 radical (unpaired) electrons. The molecule has 0 bridgehead atoms. The fraction of sp³-hybridized carbons (Fsp3) is 0.500. The van der Waals surface area contributed by atoms with E-state index in [1.165, 1.54) is 17.3 Å². The van der Waals surface area contributed by atoms with Gasteiger partial charge in [-0.1, -0.05) is 26.0 Å². The van der Waals surface area contributed by atoms with E-state index in [1.54, 1.807) is 0 Å². The fourth-order valence-corrected chi connectivity index (χ4v) is 4.14. The lowest BCUT2D eigenvalue weighted by Crippen LogP contribution is -2.44. The summed E-state index contributed by atoms with van der Waals surface area (Å²) in [4.78, 5) is 16.9. The van der Waals surface area contributed by atoms with E-state index in [4.69, 9.17) is 0 Å². The molecule has 0 unspecified atom stereocenters. The molecule has 0 aliphatic carbocycles. The van der Waals surface area contributed by atoms with E-state index in [-0.39, 0.29) is 24.4 Å². The second-order valence-electron chi connectivity index (χ2n) is 6.46. The van der Waals surface area contributed by atoms with Crippen LogP contribution in [0.15, 0.2) is 29.3 Å². The van der Waals surface area contributed by atoms with E-state index in [1.807, 2.05) is 18.3 Å². The quantitative estimate of drug-likeness (QED) is 0.551. The number of rotatable bonds is 8. The highest BCUT2D eigenvalue weighted by molar-refractivity contribution is 8.00. The lowest BCUT2D eigenvalue weighted by atomic mass is 10.1. The number of carbonyl (C=O) groups is 1. The Morgan fingerprint density at radius 2 is 2.00 bits per heavy atom. The van der Waals surface area contributed by atoms with Crippen molar-refractivity contribution in [2.45, 2.75) is 43.4 Å². The summed E-state index contributed by atoms with van der Waals surface area (Å²) in [5.41, 5.74) is 2.23. The molecule has 6 heteroatoms. The molecular weight excluding hydrogens is 324 g/mol. The second-order valence-corrected chi connectivity index (χ2v) is 7.70. The summed E-state index contributed by atoms with van der Waals surface area (Å²) in [6.45, 7) is 5.68. The molecule has 2 rings (SSSR count). The highest BCUT2D eigenvalue weighted by Gasteiger charge is 2.24. The van der Waals surface area contributed by atoms with Crippen molar-refractivity contribution < 1.29 is 15.0 Å². The van der Waals surface area contributed by atoms with Crippen molar-refractivity contribution in [3.63, 3.8) is 0 Å². The van der Waals surface area contributed by atoms with Crippen LogP contribution in [0.4, 0.5) is 0 Å². The van der Waals surface area contributed by atoms with Crippen molar-refractivity contribution in [1.29, 1.82) is 0 Å². The number of aromatic nitrogens is 1. The van der Waals surface area contributed by atoms with Gasteiger partial charge >= 0.3 is 0 Å². The molecule has 2 aromatic rings. The topological polar surface area (TPSA) is 85.4 Å². The maximum Gasteiger partial charge on any atom is 0.233 e. The number of nitrogens with one attached hydrogen (secondary N) is 2. The molecule has 0 saturated heterocycles. The average molecular weight is 350 g/mol. The van der Waals surface area contributed by atoms with E-state index in [9.17, 15) is 15.0 Å². The van der Waals surface area contributed by atoms with Crippen LogP contribution in [-0.2, 0) is 4.79 Å². The molecule has 0 saturated carbocycles. The van der Waals surface area contributed by atoms with Crippen molar-refractivity contribution in [1.82, 2.24) is 10.3 Å². The lowest BCUT2D eigenvalue weighted by Gasteiger charge is -2.21. The summed E-state index contributed by atoms with van der Waals surface area (Å²) in [6, 6.07) is 5.48. The van der Waals surface area contributed by atoms with Crippen LogP contribution >= 0.6 is 11.8 Å². The van der Waals surface area contributed by atoms with Gasteiger partial charge in [-0.3, -0.25) is 4.79 Å². The number of thioether (sulfide) groups is 1. The van der Waals surface area contributed by atoms with Crippen LogP contribution in [0.1, 0.15) is 25.8 Å². The first-order chi connectivity index (χ1) is 11.5. The molecule has 132 valence electrons. The highest BCUT2D eigenvalue weighted by atomic mass is 32.2. The molecule has 1 aromatic carbocycles. The summed E-state index contributed by atoms with van der Waals surface area (Å²) in [5, 5.41) is 22.0. The Bertz CT molecular complexity index is 680. The molecule has 0 aliphatic rings. The third-order valence-corrected chi connectivity index (χ3v) is 5.18. The molecule has 4 N–H and O–H groups in total. The zero-order valence-corrected chi connectivity index (χ0v) is 15.2. The van der Waals surface area contributed by atoms with Crippen LogP contribution in [0.5, 0.6) is 0 Å². The molecule has 0 spiro atoms. The van der Waals surface area contributed by atoms with Gasteiger partial charge in [0.15, 0.2) is 0 Å². The Hall–Kier alpha value is -1.50. The monoisotopic (exact) mass is 350 g/mol. The number of fused-ring (bicyclic) bond motifs is 1. The molecule has 1 heterocycles. The minimum Gasteiger partial charge on any atom is -0.394 e. The summed E-state index contributed by atoms with van der Waals surface area (Å²) in [6.07, 6.45) is 2.66. The Kier molecular flexibility index (Phi) is 6.71. The van der Waals surface area contributed by atoms with Gasteiger partial charge in [0, 0.05) is 22.0 Å². The van der Waals surface area contributed by atoms with Crippen molar-refractivity contribution in [3.05, 3.63) is 30.0 Å². The lowest BCUT2D eigenvalue weighted by molar-refractivity contribution is -0.122. The molecule has 0 fully saturated rings. The van der Waals surface area contributed by atoms with Crippen LogP contribution in [0.25, 0.3) is 10.9 Å². The summed E-state index contributed by atoms with van der Waals surface area (Å²) in [7, 11) is 0. The molecule has 1 aromatic heterocycles. The Morgan fingerprint density at radius 3 is 2.62 bits per heavy atom. The third kappa shape index (κ3) is 4.53. The number of amides is 1. The van der Waals surface area contributed by atoms with Crippen LogP contribution in [-0.4, -0.2) is 45.6 Å². The van der Waals surface area contributed by atoms with Gasteiger partial charge in [0.2, 0.25) is 5.91 Å². The number of aliphatic hydroxyl groups excluding tert-OH is 2. The van der Waals surface area contributed by atoms with Gasteiger partial charge < -0.3 is 20.5 Å². The first kappa shape index (κ1) is 18.8. The number of hydrogen-bond acceptors (Lipinski definition) is 4. The number of aryl methyl sites for hydroxylation is 1. The molecule has 1 amide bonds. The zero-order chi connectivity index (χ0) is 17.7. The number of carbonyl (C=O) groups excluding carboxylic acids is 1. The minimum absolute atomic E-state index is 0.148. The van der Waals surface area contributed by atoms with Crippen LogP contribution in [0.2, 0.25) is 0 Å². The van der Waals surface area contributed by atoms with Crippen LogP contribution in [0, 0.1) is 12.8 Å². The maximum atomic E-state index is 12.6. The first-order valence-electron chi connectivity index (χ1n) is 8.21. The summed E-state index contributed by atoms with van der Waals surface area (Å²) >= 11 is 1.53. The zero-order valence-electron chi connectivity index (χ0n) is 14.4. The Balaban J connectivity index is 2.23. The predicted octanol–water partition coefficient (Wildman–Crippen LogP) is 2.45. The Morgan fingerprint density at radius 1 is 1.29 bits per heavy atom. The molecule has 0 aliphatic heterocycles. The van der Waals surface area contributed by atoms with Gasteiger partial charge in [-0.05, 0) is 30.9 Å². The largest absolute Gasteiger partial charge is 0.394 e. The summed E-state index contributed by atoms with van der Waals surface area (Å²) in [5.74, 6) is 0.214. The van der Waals surface area contributed by atoms with E-state index in [2.05, 4.69) is 37.1 Å². The van der Waals surface area contributed by atoms with Crippen molar-refractivity contribution in [2.24, 2.45) is 5.92 Å². The number of benzene rings is 1. The van der Waals surface area contributed by atoms with Crippen LogP contribution < -0.4 is 5.32 Å². The van der Waals surface area contributed by atoms with Gasteiger partial charge in [0.25, 0.3) is 0 Å². The third-order valence-electron chi connectivity index (χ3n) is 3.91. The van der Waals surface area contributed by atoms with Gasteiger partial charge in [-0.25, -0.2) is 0 Å². The first-order valence-corrected chi connectivity index (χ1v) is 9.09. The van der Waals surface area contributed by atoms with Gasteiger partial charge in [-0.15, -0.1) is 11.8 Å². The maximum absolute atomic E-state index is 12.6. The highest BCUT2D eigenvalue weighted by Crippen LogP contribution is 2.35. The molecule has 24 heavy (non-hydrogen) atoms. The van der Waals surface area contributed by atoms with Crippen molar-refractivity contribution in [2.75, 3.05) is 13.2 Å². The van der Waals surface area contributed by atoms with Crippen LogP contribution in [0.3, 0.4) is 0 Å². The van der Waals surface area contributed by atoms with Crippen molar-refractivity contribution in [3.8, 4) is 0 Å². The predicted molar refractivity (Wildman–Crippen MR) is 98.2 cm³/mol. The van der Waals surface area contributed by atoms with E-state index < -0.39 is 6.04 Å². The molecular formula is C18H26N2O3S. The molecule has 1 atom stereocenters. The second kappa shape index (κ2) is 8.55. The normalized spacial score (nSPS) is 13.0. The van der Waals surface area contributed by atoms with E-state index in [0.29, 0.717) is 5.92 Å². The number of aromatic amines is 1. The average Bonchev–Trinajstić information content (AvgIpc) is 2.95. The smallest absolute Gasteiger partial charge is 0.233 e. The van der Waals surface area contributed by atoms with E-state index >= 15 is 0 Å². The van der Waals surface area contributed by atoms with Crippen molar-refractivity contribution >= 4 is 28.6 Å². The number of aliphatic hydroxyl groups is 2. The summed E-state index contributed by atoms with van der Waals surface area (Å²) < 4.78 is 0.